The number of carbonyl (C=O) groups excluding carboxylic acids is 1. The minimum atomic E-state index is 0. The third kappa shape index (κ3) is 6.41. The zero-order valence-electron chi connectivity index (χ0n) is 20.0. The van der Waals surface area contributed by atoms with Crippen LogP contribution < -0.4 is 20.7 Å². The molecule has 7 nitrogen and oxygen atoms in total. The Labute approximate surface area is 219 Å². The van der Waals surface area contributed by atoms with Crippen molar-refractivity contribution in [3.8, 4) is 5.75 Å². The van der Waals surface area contributed by atoms with Crippen molar-refractivity contribution in [2.24, 2.45) is 4.99 Å². The number of anilines is 1. The first-order valence-corrected chi connectivity index (χ1v) is 12.0. The zero-order chi connectivity index (χ0) is 23.0. The number of likely N-dealkylation sites (tertiary alicyclic amines) is 1. The largest absolute Gasteiger partial charge is 0.496 e. The Morgan fingerprint density at radius 2 is 1.88 bits per heavy atom. The average molecular weight is 578 g/mol. The van der Waals surface area contributed by atoms with Crippen molar-refractivity contribution in [1.29, 1.82) is 0 Å². The number of benzene rings is 2. The number of guanidine groups is 1. The van der Waals surface area contributed by atoms with Crippen LogP contribution in [0.1, 0.15) is 49.3 Å². The Bertz CT molecular complexity index is 977. The van der Waals surface area contributed by atoms with Gasteiger partial charge in [0.1, 0.15) is 5.75 Å². The Hall–Kier alpha value is -2.33. The maximum atomic E-state index is 12.2. The van der Waals surface area contributed by atoms with Gasteiger partial charge in [-0.25, -0.2) is 0 Å². The summed E-state index contributed by atoms with van der Waals surface area (Å²) in [4.78, 5) is 19.7. The molecule has 2 atom stereocenters. The maximum Gasteiger partial charge on any atom is 0.225 e. The van der Waals surface area contributed by atoms with Crippen LogP contribution in [0, 0.1) is 0 Å². The molecule has 1 amide bonds. The first kappa shape index (κ1) is 26.3. The molecule has 0 spiro atoms. The molecule has 2 unspecified atom stereocenters. The van der Waals surface area contributed by atoms with E-state index in [0.717, 1.165) is 37.0 Å². The van der Waals surface area contributed by atoms with Crippen molar-refractivity contribution in [2.75, 3.05) is 45.2 Å². The van der Waals surface area contributed by atoms with E-state index in [-0.39, 0.29) is 41.8 Å². The standard InChI is InChI=1S/C26H35N5O2.HI/c1-3-27-26(28-17-19-16-25(32)30-22-12-6-4-10-20(19)22)29-18-23(31-14-8-9-15-31)21-11-5-7-13-24(21)33-2;/h4-7,10-13,19,23H,3,8-9,14-18H2,1-2H3,(H,30,32)(H2,27,28,29);1H. The Morgan fingerprint density at radius 1 is 1.15 bits per heavy atom. The predicted molar refractivity (Wildman–Crippen MR) is 148 cm³/mol. The third-order valence-corrected chi connectivity index (χ3v) is 6.47. The summed E-state index contributed by atoms with van der Waals surface area (Å²) in [6, 6.07) is 16.5. The summed E-state index contributed by atoms with van der Waals surface area (Å²) >= 11 is 0. The van der Waals surface area contributed by atoms with Gasteiger partial charge in [-0.1, -0.05) is 36.4 Å². The van der Waals surface area contributed by atoms with Gasteiger partial charge >= 0.3 is 0 Å². The molecule has 1 saturated heterocycles. The van der Waals surface area contributed by atoms with Crippen LogP contribution in [0.25, 0.3) is 0 Å². The van der Waals surface area contributed by atoms with Gasteiger partial charge in [0.25, 0.3) is 0 Å². The van der Waals surface area contributed by atoms with Crippen LogP contribution in [0.3, 0.4) is 0 Å². The topological polar surface area (TPSA) is 78.0 Å². The van der Waals surface area contributed by atoms with Crippen LogP contribution in [-0.2, 0) is 4.79 Å². The van der Waals surface area contributed by atoms with Crippen LogP contribution in [0.2, 0.25) is 0 Å². The van der Waals surface area contributed by atoms with Crippen LogP contribution in [0.4, 0.5) is 5.69 Å². The molecule has 2 aliphatic heterocycles. The second-order valence-corrected chi connectivity index (χ2v) is 8.64. The number of fused-ring (bicyclic) bond motifs is 1. The summed E-state index contributed by atoms with van der Waals surface area (Å²) in [6.45, 7) is 6.29. The lowest BCUT2D eigenvalue weighted by molar-refractivity contribution is -0.116. The number of aliphatic imine (C=N–C) groups is 1. The molecule has 34 heavy (non-hydrogen) atoms. The van der Waals surface area contributed by atoms with E-state index in [1.807, 2.05) is 30.3 Å². The number of ether oxygens (including phenoxy) is 1. The summed E-state index contributed by atoms with van der Waals surface area (Å²) in [7, 11) is 1.73. The number of rotatable bonds is 8. The fourth-order valence-corrected chi connectivity index (χ4v) is 4.83. The summed E-state index contributed by atoms with van der Waals surface area (Å²) in [5, 5.41) is 9.83. The van der Waals surface area contributed by atoms with Crippen LogP contribution >= 0.6 is 24.0 Å². The first-order chi connectivity index (χ1) is 16.2. The molecule has 8 heteroatoms. The second kappa shape index (κ2) is 12.9. The first-order valence-electron chi connectivity index (χ1n) is 12.0. The van der Waals surface area contributed by atoms with E-state index in [1.54, 1.807) is 7.11 Å². The van der Waals surface area contributed by atoms with Gasteiger partial charge in [-0.3, -0.25) is 14.7 Å². The number of nitrogens with one attached hydrogen (secondary N) is 3. The third-order valence-electron chi connectivity index (χ3n) is 6.47. The number of halogens is 1. The normalized spacial score (nSPS) is 18.9. The lowest BCUT2D eigenvalue weighted by Gasteiger charge is -2.29. The second-order valence-electron chi connectivity index (χ2n) is 8.64. The molecule has 4 rings (SSSR count). The lowest BCUT2D eigenvalue weighted by Crippen LogP contribution is -2.41. The molecule has 0 saturated carbocycles. The molecule has 0 radical (unpaired) electrons. The van der Waals surface area contributed by atoms with E-state index in [9.17, 15) is 4.79 Å². The number of amides is 1. The van der Waals surface area contributed by atoms with Crippen molar-refractivity contribution >= 4 is 41.5 Å². The summed E-state index contributed by atoms with van der Waals surface area (Å²) in [6.07, 6.45) is 2.91. The number of para-hydroxylation sites is 2. The molecule has 2 aliphatic rings. The maximum absolute atomic E-state index is 12.2. The monoisotopic (exact) mass is 577 g/mol. The van der Waals surface area contributed by atoms with Gasteiger partial charge in [-0.05, 0) is 50.6 Å². The number of carbonyl (C=O) groups is 1. The van der Waals surface area contributed by atoms with Gasteiger partial charge in [-0.2, -0.15) is 0 Å². The predicted octanol–water partition coefficient (Wildman–Crippen LogP) is 4.13. The highest BCUT2D eigenvalue weighted by atomic mass is 127. The van der Waals surface area contributed by atoms with Gasteiger partial charge in [0.15, 0.2) is 5.96 Å². The average Bonchev–Trinajstić information content (AvgIpc) is 3.37. The summed E-state index contributed by atoms with van der Waals surface area (Å²) < 4.78 is 5.67. The molecule has 2 heterocycles. The van der Waals surface area contributed by atoms with Crippen LogP contribution in [0.15, 0.2) is 53.5 Å². The molecule has 2 aromatic rings. The van der Waals surface area contributed by atoms with E-state index in [1.165, 1.54) is 24.0 Å². The molecule has 0 aliphatic carbocycles. The van der Waals surface area contributed by atoms with E-state index in [2.05, 4.69) is 46.0 Å². The van der Waals surface area contributed by atoms with E-state index >= 15 is 0 Å². The summed E-state index contributed by atoms with van der Waals surface area (Å²) in [5.74, 6) is 1.86. The minimum Gasteiger partial charge on any atom is -0.496 e. The van der Waals surface area contributed by atoms with Gasteiger partial charge < -0.3 is 20.7 Å². The highest BCUT2D eigenvalue weighted by Crippen LogP contribution is 2.33. The van der Waals surface area contributed by atoms with Gasteiger partial charge in [-0.15, -0.1) is 24.0 Å². The minimum absolute atomic E-state index is 0. The van der Waals surface area contributed by atoms with Crippen molar-refractivity contribution in [3.63, 3.8) is 0 Å². The summed E-state index contributed by atoms with van der Waals surface area (Å²) in [5.41, 5.74) is 3.26. The van der Waals surface area contributed by atoms with E-state index in [4.69, 9.17) is 9.73 Å². The Morgan fingerprint density at radius 3 is 2.65 bits per heavy atom. The highest BCUT2D eigenvalue weighted by Gasteiger charge is 2.27. The number of hydrogen-bond donors (Lipinski definition) is 3. The van der Waals surface area contributed by atoms with Gasteiger partial charge in [0.2, 0.25) is 5.91 Å². The number of nitrogens with zero attached hydrogens (tertiary/aromatic N) is 2. The molecule has 0 bridgehead atoms. The fraction of sp³-hybridized carbons (Fsp3) is 0.462. The van der Waals surface area contributed by atoms with Crippen LogP contribution in [0.5, 0.6) is 5.75 Å². The quantitative estimate of drug-likeness (QED) is 0.250. The Kier molecular flexibility index (Phi) is 10.0. The Balaban J connectivity index is 0.00000324. The highest BCUT2D eigenvalue weighted by molar-refractivity contribution is 14.0. The van der Waals surface area contributed by atoms with Crippen molar-refractivity contribution in [1.82, 2.24) is 15.5 Å². The zero-order valence-corrected chi connectivity index (χ0v) is 22.4. The van der Waals surface area contributed by atoms with Crippen molar-refractivity contribution < 1.29 is 9.53 Å². The van der Waals surface area contributed by atoms with Crippen molar-refractivity contribution in [2.45, 2.75) is 38.1 Å². The molecule has 2 aromatic carbocycles. The van der Waals surface area contributed by atoms with Gasteiger partial charge in [0, 0.05) is 36.7 Å². The van der Waals surface area contributed by atoms with E-state index in [0.29, 0.717) is 19.5 Å². The molecule has 1 fully saturated rings. The van der Waals surface area contributed by atoms with E-state index < -0.39 is 0 Å². The molecule has 184 valence electrons. The van der Waals surface area contributed by atoms with Crippen LogP contribution in [-0.4, -0.2) is 56.6 Å². The molecular formula is C26H36IN5O2. The van der Waals surface area contributed by atoms with Crippen molar-refractivity contribution in [3.05, 3.63) is 59.7 Å². The number of hydrogen-bond acceptors (Lipinski definition) is 4. The van der Waals surface area contributed by atoms with Gasteiger partial charge in [0.05, 0.1) is 19.7 Å². The SMILES string of the molecule is CCNC(=NCC(c1ccccc1OC)N1CCCC1)NCC1CC(=O)Nc2ccccc21.I. The fourth-order valence-electron chi connectivity index (χ4n) is 4.83. The molecule has 0 aromatic heterocycles. The molecule has 3 N–H and O–H groups in total. The number of methoxy groups -OCH3 is 1. The lowest BCUT2D eigenvalue weighted by atomic mass is 9.90. The smallest absolute Gasteiger partial charge is 0.225 e. The molecular weight excluding hydrogens is 541 g/mol.